The van der Waals surface area contributed by atoms with E-state index in [0.717, 1.165) is 22.3 Å². The molecule has 2 atom stereocenters. The zero-order chi connectivity index (χ0) is 27.3. The van der Waals surface area contributed by atoms with E-state index >= 15 is 0 Å². The van der Waals surface area contributed by atoms with Crippen molar-refractivity contribution >= 4 is 16.8 Å². The average molecular weight is 529 g/mol. The molecule has 7 nitrogen and oxygen atoms in total. The number of aromatic amines is 1. The van der Waals surface area contributed by atoms with Crippen molar-refractivity contribution in [3.63, 3.8) is 0 Å². The first kappa shape index (κ1) is 25.3. The summed E-state index contributed by atoms with van der Waals surface area (Å²) < 4.78 is 29.4. The lowest BCUT2D eigenvalue weighted by molar-refractivity contribution is 0.0124. The van der Waals surface area contributed by atoms with Gasteiger partial charge in [0.2, 0.25) is 0 Å². The van der Waals surface area contributed by atoms with E-state index < -0.39 is 23.9 Å². The van der Waals surface area contributed by atoms with Gasteiger partial charge in [-0.1, -0.05) is 30.0 Å². The summed E-state index contributed by atoms with van der Waals surface area (Å²) in [7, 11) is 0. The number of carbonyl (C=O) groups is 1. The lowest BCUT2D eigenvalue weighted by Gasteiger charge is -2.43. The summed E-state index contributed by atoms with van der Waals surface area (Å²) in [6.45, 7) is 6.75. The molecule has 0 aliphatic carbocycles. The third-order valence-corrected chi connectivity index (χ3v) is 7.53. The number of benzene rings is 1. The van der Waals surface area contributed by atoms with Gasteiger partial charge in [0.15, 0.2) is 0 Å². The van der Waals surface area contributed by atoms with Crippen LogP contribution in [0.1, 0.15) is 58.7 Å². The fourth-order valence-electron chi connectivity index (χ4n) is 5.32. The van der Waals surface area contributed by atoms with Gasteiger partial charge in [0, 0.05) is 47.7 Å². The van der Waals surface area contributed by atoms with Crippen LogP contribution in [0.4, 0.5) is 8.78 Å². The Balaban J connectivity index is 1.31. The van der Waals surface area contributed by atoms with Gasteiger partial charge in [-0.3, -0.25) is 9.69 Å². The molecule has 1 aromatic carbocycles. The summed E-state index contributed by atoms with van der Waals surface area (Å²) in [6, 6.07) is 12.7. The van der Waals surface area contributed by atoms with Gasteiger partial charge in [-0.05, 0) is 50.4 Å². The Morgan fingerprint density at radius 1 is 1.15 bits per heavy atom. The number of aryl methyl sites for hydroxylation is 1. The minimum atomic E-state index is -0.975. The number of fused-ring (bicyclic) bond motifs is 2. The van der Waals surface area contributed by atoms with Gasteiger partial charge in [0.05, 0.1) is 24.1 Å². The molecule has 2 aliphatic heterocycles. The molecule has 4 aromatic rings. The number of imidazole rings is 1. The predicted molar refractivity (Wildman–Crippen MR) is 145 cm³/mol. The van der Waals surface area contributed by atoms with E-state index in [1.165, 1.54) is 0 Å². The van der Waals surface area contributed by atoms with E-state index in [0.29, 0.717) is 30.0 Å². The van der Waals surface area contributed by atoms with Gasteiger partial charge >= 0.3 is 0 Å². The van der Waals surface area contributed by atoms with Crippen LogP contribution in [0.25, 0.3) is 10.9 Å². The number of hydrogen-bond donors (Lipinski definition) is 2. The minimum Gasteiger partial charge on any atom is -0.356 e. The van der Waals surface area contributed by atoms with E-state index in [9.17, 15) is 13.6 Å². The van der Waals surface area contributed by atoms with Crippen molar-refractivity contribution in [2.24, 2.45) is 0 Å². The van der Waals surface area contributed by atoms with Crippen LogP contribution >= 0.6 is 0 Å². The van der Waals surface area contributed by atoms with Crippen LogP contribution in [-0.2, 0) is 13.0 Å². The van der Waals surface area contributed by atoms with Gasteiger partial charge in [0.1, 0.15) is 24.1 Å². The molecule has 0 radical (unpaired) electrons. The zero-order valence-electron chi connectivity index (χ0n) is 22.1. The first-order valence-electron chi connectivity index (χ1n) is 13.1. The first-order valence-corrected chi connectivity index (χ1v) is 13.1. The van der Waals surface area contributed by atoms with E-state index in [1.54, 1.807) is 12.4 Å². The number of alkyl halides is 2. The Bertz CT molecular complexity index is 1590. The fourth-order valence-corrected chi connectivity index (χ4v) is 5.32. The van der Waals surface area contributed by atoms with Crippen LogP contribution in [-0.4, -0.2) is 61.3 Å². The topological polar surface area (TPSA) is 78.8 Å². The number of pyridine rings is 1. The van der Waals surface area contributed by atoms with Crippen molar-refractivity contribution in [1.29, 1.82) is 0 Å². The summed E-state index contributed by atoms with van der Waals surface area (Å²) in [4.78, 5) is 28.0. The molecule has 6 rings (SSSR count). The number of likely N-dealkylation sites (tertiary alicyclic amines) is 1. The number of hydrogen-bond acceptors (Lipinski definition) is 4. The lowest BCUT2D eigenvalue weighted by atomic mass is 9.97. The van der Waals surface area contributed by atoms with Crippen molar-refractivity contribution in [2.45, 2.75) is 57.7 Å². The second kappa shape index (κ2) is 9.62. The summed E-state index contributed by atoms with van der Waals surface area (Å²) in [6.07, 6.45) is 0.106. The first-order chi connectivity index (χ1) is 18.7. The SMILES string of the molecule is Cc1cc(C#CC(C)(C)N2CC(F)C2)cc(C(=O)NC(c2cc3ccccc3[nH]2)c2ncn3c2C[C@@H](F)C3)n1. The van der Waals surface area contributed by atoms with E-state index in [1.807, 2.05) is 66.6 Å². The maximum atomic E-state index is 14.2. The molecule has 2 aliphatic rings. The Kier molecular flexibility index (Phi) is 6.23. The Hall–Kier alpha value is -4.03. The van der Waals surface area contributed by atoms with E-state index in [-0.39, 0.29) is 24.6 Å². The molecule has 5 heterocycles. The standard InChI is InChI=1S/C30H30F2N6O/c1-18-10-19(8-9-30(2,3)38-15-22(32)16-38)11-25(34-18)29(39)36-27(24-12-20-6-4-5-7-23(20)35-24)28-26-13-21(31)14-37(26)17-33-28/h4-7,10-12,17,21-22,27,35H,13-16H2,1-3H3,(H,36,39)/t21-,27?/m1/s1. The number of amides is 1. The minimum absolute atomic E-state index is 0.227. The number of aromatic nitrogens is 4. The molecular weight excluding hydrogens is 498 g/mol. The second-order valence-electron chi connectivity index (χ2n) is 10.9. The summed E-state index contributed by atoms with van der Waals surface area (Å²) in [5.41, 5.74) is 4.13. The van der Waals surface area contributed by atoms with Crippen LogP contribution in [0, 0.1) is 18.8 Å². The normalized spacial score (nSPS) is 18.3. The van der Waals surface area contributed by atoms with Gasteiger partial charge in [-0.15, -0.1) is 0 Å². The highest BCUT2D eigenvalue weighted by molar-refractivity contribution is 5.93. The maximum Gasteiger partial charge on any atom is 0.270 e. The maximum absolute atomic E-state index is 14.2. The quantitative estimate of drug-likeness (QED) is 0.380. The summed E-state index contributed by atoms with van der Waals surface area (Å²) in [5.74, 6) is 6.00. The lowest BCUT2D eigenvalue weighted by Crippen LogP contribution is -2.57. The molecule has 200 valence electrons. The number of rotatable bonds is 5. The number of nitrogens with zero attached hydrogens (tertiary/aromatic N) is 4. The van der Waals surface area contributed by atoms with Gasteiger partial charge < -0.3 is 14.9 Å². The molecule has 0 bridgehead atoms. The second-order valence-corrected chi connectivity index (χ2v) is 10.9. The summed E-state index contributed by atoms with van der Waals surface area (Å²) >= 11 is 0. The molecular formula is C30H30F2N6O. The van der Waals surface area contributed by atoms with Gasteiger partial charge in [-0.25, -0.2) is 18.7 Å². The number of carbonyl (C=O) groups excluding carboxylic acids is 1. The zero-order valence-corrected chi connectivity index (χ0v) is 22.1. The monoisotopic (exact) mass is 528 g/mol. The van der Waals surface area contributed by atoms with Gasteiger partial charge in [0.25, 0.3) is 5.91 Å². The van der Waals surface area contributed by atoms with Crippen LogP contribution in [0.15, 0.2) is 48.8 Å². The van der Waals surface area contributed by atoms with Crippen molar-refractivity contribution in [3.05, 3.63) is 82.8 Å². The number of H-pyrrole nitrogens is 1. The van der Waals surface area contributed by atoms with Crippen molar-refractivity contribution < 1.29 is 13.6 Å². The highest BCUT2D eigenvalue weighted by Gasteiger charge is 2.36. The molecule has 1 amide bonds. The molecule has 39 heavy (non-hydrogen) atoms. The highest BCUT2D eigenvalue weighted by Crippen LogP contribution is 2.31. The fraction of sp³-hybridized carbons (Fsp3) is 0.367. The number of para-hydroxylation sites is 1. The van der Waals surface area contributed by atoms with Crippen LogP contribution in [0.3, 0.4) is 0 Å². The molecule has 0 spiro atoms. The molecule has 0 saturated carbocycles. The molecule has 1 unspecified atom stereocenters. The molecule has 1 saturated heterocycles. The van der Waals surface area contributed by atoms with E-state index in [4.69, 9.17) is 0 Å². The molecule has 3 aromatic heterocycles. The third-order valence-electron chi connectivity index (χ3n) is 7.53. The van der Waals surface area contributed by atoms with Crippen LogP contribution in [0.2, 0.25) is 0 Å². The predicted octanol–water partition coefficient (Wildman–Crippen LogP) is 4.27. The molecule has 2 N–H and O–H groups in total. The number of nitrogens with one attached hydrogen (secondary N) is 2. The summed E-state index contributed by atoms with van der Waals surface area (Å²) in [5, 5.41) is 4.10. The van der Waals surface area contributed by atoms with Crippen molar-refractivity contribution in [2.75, 3.05) is 13.1 Å². The van der Waals surface area contributed by atoms with Gasteiger partial charge in [-0.2, -0.15) is 0 Å². The Morgan fingerprint density at radius 3 is 2.72 bits per heavy atom. The number of halogens is 2. The van der Waals surface area contributed by atoms with Crippen molar-refractivity contribution in [3.8, 4) is 11.8 Å². The van der Waals surface area contributed by atoms with Crippen molar-refractivity contribution in [1.82, 2.24) is 29.7 Å². The largest absolute Gasteiger partial charge is 0.356 e. The smallest absolute Gasteiger partial charge is 0.270 e. The average Bonchev–Trinajstić information content (AvgIpc) is 3.57. The van der Waals surface area contributed by atoms with Crippen LogP contribution < -0.4 is 5.32 Å². The van der Waals surface area contributed by atoms with E-state index in [2.05, 4.69) is 32.1 Å². The third kappa shape index (κ3) is 4.92. The molecule has 1 fully saturated rings. The highest BCUT2D eigenvalue weighted by atomic mass is 19.1. The van der Waals surface area contributed by atoms with Crippen LogP contribution in [0.5, 0.6) is 0 Å². The molecule has 9 heteroatoms. The Morgan fingerprint density at radius 2 is 1.95 bits per heavy atom. The Labute approximate surface area is 225 Å².